The number of nitrogens with one attached hydrogen (secondary N) is 1. The van der Waals surface area contributed by atoms with Gasteiger partial charge in [-0.05, 0) is 53.2 Å². The summed E-state index contributed by atoms with van der Waals surface area (Å²) in [5, 5.41) is 5.88. The molecule has 3 aromatic carbocycles. The van der Waals surface area contributed by atoms with Gasteiger partial charge >= 0.3 is 0 Å². The van der Waals surface area contributed by atoms with Crippen molar-refractivity contribution >= 4 is 28.3 Å². The molecular weight excluding hydrogens is 360 g/mol. The molecule has 0 aromatic heterocycles. The lowest BCUT2D eigenvalue weighted by molar-refractivity contribution is -0.122. The molecule has 0 aliphatic rings. The van der Waals surface area contributed by atoms with Crippen molar-refractivity contribution in [2.45, 2.75) is 13.1 Å². The summed E-state index contributed by atoms with van der Waals surface area (Å²) in [6, 6.07) is 19.9. The van der Waals surface area contributed by atoms with Gasteiger partial charge in [0.05, 0.1) is 13.7 Å². The monoisotopic (exact) mass is 382 g/mol. The molecule has 27 heavy (non-hydrogen) atoms. The Morgan fingerprint density at radius 1 is 1.07 bits per heavy atom. The molecule has 0 atom stereocenters. The Hall–Kier alpha value is -2.56. The number of carbonyl (C=O) groups excluding carboxylic acids is 1. The topological polar surface area (TPSA) is 41.6 Å². The number of likely N-dealkylation sites (N-methyl/N-ethyl adjacent to an activating group) is 1. The van der Waals surface area contributed by atoms with E-state index >= 15 is 0 Å². The molecule has 3 aromatic rings. The highest BCUT2D eigenvalue weighted by molar-refractivity contribution is 6.31. The van der Waals surface area contributed by atoms with Crippen molar-refractivity contribution in [1.82, 2.24) is 10.2 Å². The van der Waals surface area contributed by atoms with Crippen LogP contribution >= 0.6 is 11.6 Å². The molecule has 1 N–H and O–H groups in total. The number of nitrogens with zero attached hydrogens (tertiary/aromatic N) is 1. The van der Waals surface area contributed by atoms with Gasteiger partial charge < -0.3 is 10.1 Å². The fourth-order valence-electron chi connectivity index (χ4n) is 3.00. The number of halogens is 1. The summed E-state index contributed by atoms with van der Waals surface area (Å²) in [7, 11) is 3.61. The van der Waals surface area contributed by atoms with Crippen molar-refractivity contribution in [2.24, 2.45) is 0 Å². The van der Waals surface area contributed by atoms with E-state index in [1.54, 1.807) is 7.11 Å². The lowest BCUT2D eigenvalue weighted by Crippen LogP contribution is -2.34. The first-order valence-electron chi connectivity index (χ1n) is 8.80. The van der Waals surface area contributed by atoms with Crippen LogP contribution in [0.5, 0.6) is 5.75 Å². The lowest BCUT2D eigenvalue weighted by Gasteiger charge is -2.17. The summed E-state index contributed by atoms with van der Waals surface area (Å²) in [4.78, 5) is 14.2. The van der Waals surface area contributed by atoms with Crippen molar-refractivity contribution < 1.29 is 9.53 Å². The summed E-state index contributed by atoms with van der Waals surface area (Å²) in [5.41, 5.74) is 2.08. The largest absolute Gasteiger partial charge is 0.497 e. The highest BCUT2D eigenvalue weighted by atomic mass is 35.5. The highest BCUT2D eigenvalue weighted by Crippen LogP contribution is 2.22. The van der Waals surface area contributed by atoms with Crippen molar-refractivity contribution in [3.8, 4) is 5.75 Å². The van der Waals surface area contributed by atoms with Gasteiger partial charge in [0.2, 0.25) is 5.91 Å². The van der Waals surface area contributed by atoms with Gasteiger partial charge in [-0.15, -0.1) is 0 Å². The maximum atomic E-state index is 12.2. The first-order valence-corrected chi connectivity index (χ1v) is 9.18. The van der Waals surface area contributed by atoms with E-state index in [4.69, 9.17) is 16.3 Å². The van der Waals surface area contributed by atoms with Crippen LogP contribution in [0.25, 0.3) is 10.8 Å². The second-order valence-corrected chi connectivity index (χ2v) is 7.00. The number of hydrogen-bond acceptors (Lipinski definition) is 3. The minimum atomic E-state index is -0.0251. The Balaban J connectivity index is 1.55. The van der Waals surface area contributed by atoms with Gasteiger partial charge in [-0.25, -0.2) is 0 Å². The molecule has 0 radical (unpaired) electrons. The average molecular weight is 383 g/mol. The quantitative estimate of drug-likeness (QED) is 0.664. The summed E-state index contributed by atoms with van der Waals surface area (Å²) in [6.45, 7) is 1.46. The van der Waals surface area contributed by atoms with Gasteiger partial charge in [0.1, 0.15) is 5.75 Å². The van der Waals surface area contributed by atoms with Crippen molar-refractivity contribution in [1.29, 1.82) is 0 Å². The third kappa shape index (κ3) is 5.22. The molecule has 5 heteroatoms. The summed E-state index contributed by atoms with van der Waals surface area (Å²) in [5.74, 6) is 0.825. The Morgan fingerprint density at radius 2 is 1.81 bits per heavy atom. The number of fused-ring (bicyclic) bond motifs is 1. The maximum Gasteiger partial charge on any atom is 0.234 e. The van der Waals surface area contributed by atoms with Crippen LogP contribution in [-0.2, 0) is 17.9 Å². The molecule has 0 spiro atoms. The summed E-state index contributed by atoms with van der Waals surface area (Å²) < 4.78 is 5.26. The number of amides is 1. The van der Waals surface area contributed by atoms with Gasteiger partial charge in [0.15, 0.2) is 0 Å². The SMILES string of the molecule is COc1ccc2cc(CN(C)CC(=O)NCc3ccccc3Cl)ccc2c1. The zero-order chi connectivity index (χ0) is 19.2. The number of benzene rings is 3. The molecule has 1 amide bonds. The molecule has 0 saturated heterocycles. The first-order chi connectivity index (χ1) is 13.0. The predicted octanol–water partition coefficient (Wildman–Crippen LogP) is 4.25. The summed E-state index contributed by atoms with van der Waals surface area (Å²) >= 11 is 6.12. The second-order valence-electron chi connectivity index (χ2n) is 6.59. The van der Waals surface area contributed by atoms with Crippen molar-refractivity contribution in [3.05, 3.63) is 76.8 Å². The molecular formula is C22H23ClN2O2. The molecule has 4 nitrogen and oxygen atoms in total. The summed E-state index contributed by atoms with van der Waals surface area (Å²) in [6.07, 6.45) is 0. The van der Waals surface area contributed by atoms with E-state index in [0.29, 0.717) is 24.7 Å². The first kappa shape index (κ1) is 19.2. The molecule has 0 bridgehead atoms. The van der Waals surface area contributed by atoms with Gasteiger partial charge in [-0.1, -0.05) is 48.0 Å². The molecule has 0 aliphatic heterocycles. The highest BCUT2D eigenvalue weighted by Gasteiger charge is 2.09. The molecule has 0 heterocycles. The number of ether oxygens (including phenoxy) is 1. The van der Waals surface area contributed by atoms with Crippen LogP contribution < -0.4 is 10.1 Å². The van der Waals surface area contributed by atoms with Crippen LogP contribution in [0.15, 0.2) is 60.7 Å². The number of methoxy groups -OCH3 is 1. The smallest absolute Gasteiger partial charge is 0.234 e. The van der Waals surface area contributed by atoms with Crippen LogP contribution in [-0.4, -0.2) is 31.5 Å². The van der Waals surface area contributed by atoms with E-state index in [1.165, 1.54) is 0 Å². The normalized spacial score (nSPS) is 11.0. The van der Waals surface area contributed by atoms with Crippen molar-refractivity contribution in [2.75, 3.05) is 20.7 Å². The zero-order valence-corrected chi connectivity index (χ0v) is 16.3. The number of rotatable bonds is 7. The third-order valence-corrected chi connectivity index (χ3v) is 4.78. The Kier molecular flexibility index (Phi) is 6.32. The number of carbonyl (C=O) groups is 1. The van der Waals surface area contributed by atoms with Crippen molar-refractivity contribution in [3.63, 3.8) is 0 Å². The zero-order valence-electron chi connectivity index (χ0n) is 15.5. The Bertz CT molecular complexity index is 942. The molecule has 140 valence electrons. The minimum Gasteiger partial charge on any atom is -0.497 e. The standard InChI is InChI=1S/C22H23ClN2O2/c1-25(15-22(26)24-13-19-5-3-4-6-21(19)23)14-16-7-8-18-12-20(27-2)10-9-17(18)11-16/h3-12H,13-15H2,1-2H3,(H,24,26). The van der Waals surface area contributed by atoms with Gasteiger partial charge in [-0.2, -0.15) is 0 Å². The number of hydrogen-bond donors (Lipinski definition) is 1. The van der Waals surface area contributed by atoms with Gasteiger partial charge in [-0.3, -0.25) is 9.69 Å². The second kappa shape index (κ2) is 8.89. The van der Waals surface area contributed by atoms with E-state index in [9.17, 15) is 4.79 Å². The van der Waals surface area contributed by atoms with Crippen LogP contribution in [0, 0.1) is 0 Å². The maximum absolute atomic E-state index is 12.2. The Morgan fingerprint density at radius 3 is 2.59 bits per heavy atom. The molecule has 0 unspecified atom stereocenters. The van der Waals surface area contributed by atoms with Crippen LogP contribution in [0.1, 0.15) is 11.1 Å². The van der Waals surface area contributed by atoms with E-state index in [2.05, 4.69) is 23.5 Å². The fraction of sp³-hybridized carbons (Fsp3) is 0.227. The third-order valence-electron chi connectivity index (χ3n) is 4.41. The van der Waals surface area contributed by atoms with E-state index in [1.807, 2.05) is 54.4 Å². The van der Waals surface area contributed by atoms with Crippen LogP contribution in [0.2, 0.25) is 5.02 Å². The van der Waals surface area contributed by atoms with E-state index in [-0.39, 0.29) is 5.91 Å². The van der Waals surface area contributed by atoms with Gasteiger partial charge in [0.25, 0.3) is 0 Å². The van der Waals surface area contributed by atoms with Crippen LogP contribution in [0.4, 0.5) is 0 Å². The lowest BCUT2D eigenvalue weighted by atomic mass is 10.1. The van der Waals surface area contributed by atoms with Gasteiger partial charge in [0, 0.05) is 18.1 Å². The minimum absolute atomic E-state index is 0.0251. The van der Waals surface area contributed by atoms with Crippen LogP contribution in [0.3, 0.4) is 0 Å². The fourth-order valence-corrected chi connectivity index (χ4v) is 3.21. The molecule has 0 aliphatic carbocycles. The Labute approximate surface area is 164 Å². The van der Waals surface area contributed by atoms with E-state index < -0.39 is 0 Å². The van der Waals surface area contributed by atoms with E-state index in [0.717, 1.165) is 27.6 Å². The predicted molar refractivity (Wildman–Crippen MR) is 110 cm³/mol. The molecule has 0 saturated carbocycles. The average Bonchev–Trinajstić information content (AvgIpc) is 2.66. The molecule has 3 rings (SSSR count). The molecule has 0 fully saturated rings.